The Morgan fingerprint density at radius 2 is 1.83 bits per heavy atom. The van der Waals surface area contributed by atoms with E-state index in [0.717, 1.165) is 11.1 Å². The summed E-state index contributed by atoms with van der Waals surface area (Å²) in [7, 11) is -2.07. The zero-order valence-corrected chi connectivity index (χ0v) is 14.5. The van der Waals surface area contributed by atoms with Gasteiger partial charge in [-0.25, -0.2) is 8.42 Å². The van der Waals surface area contributed by atoms with Crippen LogP contribution in [0.3, 0.4) is 0 Å². The Morgan fingerprint density at radius 3 is 2.50 bits per heavy atom. The number of carbonyl (C=O) groups is 1. The number of rotatable bonds is 4. The molecule has 0 aromatic heterocycles. The summed E-state index contributed by atoms with van der Waals surface area (Å²) in [6.45, 7) is 2.12. The summed E-state index contributed by atoms with van der Waals surface area (Å²) < 4.78 is 32.3. The zero-order chi connectivity index (χ0) is 17.3. The van der Waals surface area contributed by atoms with Gasteiger partial charge < -0.3 is 4.74 Å². The van der Waals surface area contributed by atoms with Gasteiger partial charge in [0.2, 0.25) is 10.0 Å². The molecule has 1 aliphatic rings. The Hall–Kier alpha value is -2.34. The minimum atomic E-state index is -3.59. The van der Waals surface area contributed by atoms with Gasteiger partial charge in [0.25, 0.3) is 0 Å². The maximum atomic E-state index is 12.9. The number of Topliss-reactive ketones (excluding diaryl/α,β-unsaturated/α-hetero) is 1. The standard InChI is InChI=1S/C18H19NO4S/c1-13-3-5-14(6-4-13)12-24(21,22)19-10-9-18(20)16-8-7-15(23-2)11-17(16)19/h3-8,11H,9-10,12H2,1-2H3. The Morgan fingerprint density at radius 1 is 1.12 bits per heavy atom. The number of hydrogen-bond acceptors (Lipinski definition) is 4. The fourth-order valence-corrected chi connectivity index (χ4v) is 4.39. The molecule has 0 atom stereocenters. The maximum absolute atomic E-state index is 12.9. The first-order valence-electron chi connectivity index (χ1n) is 7.68. The molecule has 2 aromatic rings. The lowest BCUT2D eigenvalue weighted by Gasteiger charge is -2.30. The summed E-state index contributed by atoms with van der Waals surface area (Å²) in [5.41, 5.74) is 2.63. The molecule has 0 amide bonds. The Balaban J connectivity index is 1.98. The minimum Gasteiger partial charge on any atom is -0.497 e. The molecule has 2 aromatic carbocycles. The van der Waals surface area contributed by atoms with Crippen molar-refractivity contribution in [3.8, 4) is 5.75 Å². The van der Waals surface area contributed by atoms with E-state index in [9.17, 15) is 13.2 Å². The summed E-state index contributed by atoms with van der Waals surface area (Å²) in [4.78, 5) is 12.1. The van der Waals surface area contributed by atoms with E-state index in [-0.39, 0.29) is 24.5 Å². The molecule has 126 valence electrons. The molecule has 0 N–H and O–H groups in total. The van der Waals surface area contributed by atoms with E-state index in [1.807, 2.05) is 31.2 Å². The van der Waals surface area contributed by atoms with Gasteiger partial charge in [-0.15, -0.1) is 0 Å². The lowest BCUT2D eigenvalue weighted by molar-refractivity contribution is 0.0982. The van der Waals surface area contributed by atoms with Gasteiger partial charge in [0.05, 0.1) is 18.6 Å². The highest BCUT2D eigenvalue weighted by atomic mass is 32.2. The van der Waals surface area contributed by atoms with Crippen LogP contribution < -0.4 is 9.04 Å². The predicted octanol–water partition coefficient (Wildman–Crippen LogP) is 2.93. The fraction of sp³-hybridized carbons (Fsp3) is 0.278. The SMILES string of the molecule is COc1ccc2c(c1)N(S(=O)(=O)Cc1ccc(C)cc1)CCC2=O. The molecule has 24 heavy (non-hydrogen) atoms. The second kappa shape index (κ2) is 6.28. The highest BCUT2D eigenvalue weighted by Gasteiger charge is 2.31. The van der Waals surface area contributed by atoms with Crippen molar-refractivity contribution in [2.24, 2.45) is 0 Å². The van der Waals surface area contributed by atoms with Crippen LogP contribution in [0.5, 0.6) is 5.75 Å². The Labute approximate surface area is 141 Å². The summed E-state index contributed by atoms with van der Waals surface area (Å²) >= 11 is 0. The van der Waals surface area contributed by atoms with E-state index in [4.69, 9.17) is 4.74 Å². The van der Waals surface area contributed by atoms with Crippen LogP contribution in [0, 0.1) is 6.92 Å². The van der Waals surface area contributed by atoms with Crippen LogP contribution in [0.15, 0.2) is 42.5 Å². The average Bonchev–Trinajstić information content (AvgIpc) is 2.56. The highest BCUT2D eigenvalue weighted by Crippen LogP contribution is 2.33. The van der Waals surface area contributed by atoms with Crippen molar-refractivity contribution in [1.82, 2.24) is 0 Å². The van der Waals surface area contributed by atoms with Crippen LogP contribution >= 0.6 is 0 Å². The first-order valence-corrected chi connectivity index (χ1v) is 9.29. The van der Waals surface area contributed by atoms with E-state index in [1.165, 1.54) is 11.4 Å². The Bertz CT molecular complexity index is 872. The second-order valence-corrected chi connectivity index (χ2v) is 7.76. The molecule has 0 spiro atoms. The highest BCUT2D eigenvalue weighted by molar-refractivity contribution is 7.92. The zero-order valence-electron chi connectivity index (χ0n) is 13.7. The minimum absolute atomic E-state index is 0.0468. The van der Waals surface area contributed by atoms with Crippen molar-refractivity contribution in [2.75, 3.05) is 18.0 Å². The number of ether oxygens (including phenoxy) is 1. The number of methoxy groups -OCH3 is 1. The quantitative estimate of drug-likeness (QED) is 0.855. The predicted molar refractivity (Wildman–Crippen MR) is 93.1 cm³/mol. The number of fused-ring (bicyclic) bond motifs is 1. The molecule has 5 nitrogen and oxygen atoms in total. The number of sulfonamides is 1. The summed E-state index contributed by atoms with van der Waals surface area (Å²) in [5, 5.41) is 0. The van der Waals surface area contributed by atoms with E-state index < -0.39 is 10.0 Å². The lowest BCUT2D eigenvalue weighted by atomic mass is 10.0. The van der Waals surface area contributed by atoms with Crippen molar-refractivity contribution >= 4 is 21.5 Å². The molecule has 6 heteroatoms. The maximum Gasteiger partial charge on any atom is 0.239 e. The molecule has 1 aliphatic heterocycles. The molecular weight excluding hydrogens is 326 g/mol. The third-order valence-electron chi connectivity index (χ3n) is 4.12. The number of carbonyl (C=O) groups excluding carboxylic acids is 1. The first-order chi connectivity index (χ1) is 11.4. The van der Waals surface area contributed by atoms with Gasteiger partial charge in [0.15, 0.2) is 5.78 Å². The van der Waals surface area contributed by atoms with Crippen LogP contribution in [-0.2, 0) is 15.8 Å². The van der Waals surface area contributed by atoms with Crippen LogP contribution in [0.4, 0.5) is 5.69 Å². The molecule has 0 fully saturated rings. The molecule has 0 saturated heterocycles. The fourth-order valence-electron chi connectivity index (χ4n) is 2.80. The van der Waals surface area contributed by atoms with Crippen molar-refractivity contribution in [2.45, 2.75) is 19.1 Å². The number of anilines is 1. The van der Waals surface area contributed by atoms with Gasteiger partial charge in [0.1, 0.15) is 5.75 Å². The number of nitrogens with zero attached hydrogens (tertiary/aromatic N) is 1. The third-order valence-corrected chi connectivity index (χ3v) is 5.87. The molecule has 0 radical (unpaired) electrons. The van der Waals surface area contributed by atoms with Crippen molar-refractivity contribution in [3.63, 3.8) is 0 Å². The molecule has 0 aliphatic carbocycles. The number of benzene rings is 2. The molecule has 3 rings (SSSR count). The largest absolute Gasteiger partial charge is 0.497 e. The van der Waals surface area contributed by atoms with Crippen LogP contribution in [0.25, 0.3) is 0 Å². The van der Waals surface area contributed by atoms with Crippen molar-refractivity contribution < 1.29 is 17.9 Å². The lowest BCUT2D eigenvalue weighted by Crippen LogP contribution is -2.38. The topological polar surface area (TPSA) is 63.7 Å². The average molecular weight is 345 g/mol. The number of aryl methyl sites for hydroxylation is 1. The van der Waals surface area contributed by atoms with Gasteiger partial charge in [-0.05, 0) is 24.6 Å². The van der Waals surface area contributed by atoms with Crippen LogP contribution in [0.2, 0.25) is 0 Å². The van der Waals surface area contributed by atoms with Crippen molar-refractivity contribution in [3.05, 3.63) is 59.2 Å². The second-order valence-electron chi connectivity index (χ2n) is 5.87. The summed E-state index contributed by atoms with van der Waals surface area (Å²) in [5.74, 6) is 0.381. The number of ketones is 1. The monoisotopic (exact) mass is 345 g/mol. The van der Waals surface area contributed by atoms with Gasteiger partial charge in [-0.2, -0.15) is 0 Å². The van der Waals surface area contributed by atoms with Gasteiger partial charge in [0, 0.05) is 24.6 Å². The summed E-state index contributed by atoms with van der Waals surface area (Å²) in [6.07, 6.45) is 0.187. The molecule has 1 heterocycles. The molecule has 0 bridgehead atoms. The van der Waals surface area contributed by atoms with Gasteiger partial charge >= 0.3 is 0 Å². The van der Waals surface area contributed by atoms with E-state index in [2.05, 4.69) is 0 Å². The smallest absolute Gasteiger partial charge is 0.239 e. The molecule has 0 unspecified atom stereocenters. The van der Waals surface area contributed by atoms with E-state index in [0.29, 0.717) is 17.0 Å². The van der Waals surface area contributed by atoms with Gasteiger partial charge in [-0.1, -0.05) is 29.8 Å². The Kier molecular flexibility index (Phi) is 4.32. The molecule has 0 saturated carbocycles. The van der Waals surface area contributed by atoms with Gasteiger partial charge in [-0.3, -0.25) is 9.10 Å². The van der Waals surface area contributed by atoms with Crippen molar-refractivity contribution in [1.29, 1.82) is 0 Å². The number of hydrogen-bond donors (Lipinski definition) is 0. The van der Waals surface area contributed by atoms with Crippen LogP contribution in [0.1, 0.15) is 27.9 Å². The molecular formula is C18H19NO4S. The normalized spacial score (nSPS) is 14.4. The van der Waals surface area contributed by atoms with E-state index in [1.54, 1.807) is 18.2 Å². The summed E-state index contributed by atoms with van der Waals surface area (Å²) in [6, 6.07) is 12.3. The first kappa shape index (κ1) is 16.5. The third kappa shape index (κ3) is 3.14. The van der Waals surface area contributed by atoms with Crippen LogP contribution in [-0.4, -0.2) is 27.9 Å². The van der Waals surface area contributed by atoms with E-state index >= 15 is 0 Å².